The van der Waals surface area contributed by atoms with Crippen molar-refractivity contribution in [3.8, 4) is 17.1 Å². The van der Waals surface area contributed by atoms with Crippen molar-refractivity contribution >= 4 is 34.8 Å². The SMILES string of the molecule is Cc1ccc(-c2nc(C(=O)Nc3cccc(Cl)c3C)nn2-c2ccc(Cl)cc2)cc1. The number of hydrogen-bond donors (Lipinski definition) is 1. The smallest absolute Gasteiger partial charge is 0.295 e. The highest BCUT2D eigenvalue weighted by molar-refractivity contribution is 6.31. The molecule has 0 aliphatic rings. The van der Waals surface area contributed by atoms with Crippen LogP contribution in [0.3, 0.4) is 0 Å². The molecule has 1 heterocycles. The second-order valence-electron chi connectivity index (χ2n) is 6.88. The Balaban J connectivity index is 1.76. The van der Waals surface area contributed by atoms with E-state index >= 15 is 0 Å². The number of benzene rings is 3. The highest BCUT2D eigenvalue weighted by Crippen LogP contribution is 2.25. The molecule has 30 heavy (non-hydrogen) atoms. The van der Waals surface area contributed by atoms with Gasteiger partial charge in [-0.2, -0.15) is 0 Å². The van der Waals surface area contributed by atoms with E-state index in [0.717, 1.165) is 22.4 Å². The number of rotatable bonds is 4. The lowest BCUT2D eigenvalue weighted by Gasteiger charge is -2.07. The molecule has 1 N–H and O–H groups in total. The van der Waals surface area contributed by atoms with Crippen molar-refractivity contribution in [1.82, 2.24) is 14.8 Å². The van der Waals surface area contributed by atoms with Crippen LogP contribution in [-0.2, 0) is 0 Å². The van der Waals surface area contributed by atoms with Gasteiger partial charge in [-0.15, -0.1) is 5.10 Å². The lowest BCUT2D eigenvalue weighted by molar-refractivity contribution is 0.101. The number of nitrogens with one attached hydrogen (secondary N) is 1. The van der Waals surface area contributed by atoms with E-state index in [-0.39, 0.29) is 5.82 Å². The number of amides is 1. The van der Waals surface area contributed by atoms with Gasteiger partial charge in [-0.1, -0.05) is 59.1 Å². The zero-order valence-electron chi connectivity index (χ0n) is 16.4. The van der Waals surface area contributed by atoms with Gasteiger partial charge in [0.2, 0.25) is 5.82 Å². The molecule has 0 spiro atoms. The van der Waals surface area contributed by atoms with Crippen LogP contribution in [0.15, 0.2) is 66.7 Å². The molecule has 1 amide bonds. The monoisotopic (exact) mass is 436 g/mol. The predicted molar refractivity (Wildman–Crippen MR) is 121 cm³/mol. The molecule has 1 aromatic heterocycles. The molecule has 7 heteroatoms. The van der Waals surface area contributed by atoms with Crippen LogP contribution in [0.5, 0.6) is 0 Å². The van der Waals surface area contributed by atoms with E-state index in [0.29, 0.717) is 21.6 Å². The van der Waals surface area contributed by atoms with Gasteiger partial charge in [0.15, 0.2) is 5.82 Å². The fourth-order valence-electron chi connectivity index (χ4n) is 2.98. The number of carbonyl (C=O) groups excluding carboxylic acids is 1. The van der Waals surface area contributed by atoms with Crippen LogP contribution >= 0.6 is 23.2 Å². The molecule has 0 aliphatic heterocycles. The quantitative estimate of drug-likeness (QED) is 0.419. The van der Waals surface area contributed by atoms with E-state index in [1.54, 1.807) is 35.0 Å². The summed E-state index contributed by atoms with van der Waals surface area (Å²) >= 11 is 12.2. The average molecular weight is 437 g/mol. The first-order valence-corrected chi connectivity index (χ1v) is 10.0. The zero-order chi connectivity index (χ0) is 21.3. The van der Waals surface area contributed by atoms with E-state index in [1.165, 1.54) is 0 Å². The van der Waals surface area contributed by atoms with Gasteiger partial charge in [-0.3, -0.25) is 4.79 Å². The van der Waals surface area contributed by atoms with Gasteiger partial charge in [0.25, 0.3) is 5.91 Å². The minimum absolute atomic E-state index is 0.0555. The second kappa shape index (κ2) is 8.30. The first-order valence-electron chi connectivity index (χ1n) is 9.29. The summed E-state index contributed by atoms with van der Waals surface area (Å²) in [4.78, 5) is 17.4. The molecule has 0 atom stereocenters. The lowest BCUT2D eigenvalue weighted by atomic mass is 10.1. The maximum absolute atomic E-state index is 12.9. The van der Waals surface area contributed by atoms with Crippen molar-refractivity contribution in [3.63, 3.8) is 0 Å². The Morgan fingerprint density at radius 3 is 2.33 bits per heavy atom. The summed E-state index contributed by atoms with van der Waals surface area (Å²) in [7, 11) is 0. The lowest BCUT2D eigenvalue weighted by Crippen LogP contribution is -2.15. The van der Waals surface area contributed by atoms with Gasteiger partial charge in [0.1, 0.15) is 0 Å². The van der Waals surface area contributed by atoms with Crippen LogP contribution in [0.4, 0.5) is 5.69 Å². The molecular formula is C23H18Cl2N4O. The van der Waals surface area contributed by atoms with E-state index in [4.69, 9.17) is 23.2 Å². The van der Waals surface area contributed by atoms with Gasteiger partial charge in [-0.25, -0.2) is 9.67 Å². The Hall–Kier alpha value is -3.15. The van der Waals surface area contributed by atoms with Crippen LogP contribution in [0.1, 0.15) is 21.7 Å². The predicted octanol–water partition coefficient (Wildman–Crippen LogP) is 6.11. The number of aryl methyl sites for hydroxylation is 1. The molecule has 0 aliphatic carbocycles. The van der Waals surface area contributed by atoms with Crippen LogP contribution < -0.4 is 5.32 Å². The molecule has 150 valence electrons. The summed E-state index contributed by atoms with van der Waals surface area (Å²) < 4.78 is 1.64. The van der Waals surface area contributed by atoms with Crippen molar-refractivity contribution in [3.05, 3.63) is 93.7 Å². The van der Waals surface area contributed by atoms with E-state index < -0.39 is 5.91 Å². The summed E-state index contributed by atoms with van der Waals surface area (Å²) in [6, 6.07) is 20.4. The van der Waals surface area contributed by atoms with Crippen molar-refractivity contribution in [2.24, 2.45) is 0 Å². The number of nitrogens with zero attached hydrogens (tertiary/aromatic N) is 3. The highest BCUT2D eigenvalue weighted by atomic mass is 35.5. The Morgan fingerprint density at radius 2 is 1.63 bits per heavy atom. The van der Waals surface area contributed by atoms with Crippen LogP contribution in [0.2, 0.25) is 10.0 Å². The Bertz CT molecular complexity index is 1150. The number of hydrogen-bond acceptors (Lipinski definition) is 3. The molecule has 0 radical (unpaired) electrons. The van der Waals surface area contributed by atoms with Crippen molar-refractivity contribution < 1.29 is 4.79 Å². The summed E-state index contributed by atoms with van der Waals surface area (Å²) in [5.41, 5.74) is 4.13. The van der Waals surface area contributed by atoms with Crippen LogP contribution in [0, 0.1) is 13.8 Å². The summed E-state index contributed by atoms with van der Waals surface area (Å²) in [6.07, 6.45) is 0. The summed E-state index contributed by atoms with van der Waals surface area (Å²) in [5.74, 6) is 0.201. The van der Waals surface area contributed by atoms with Gasteiger partial charge in [0, 0.05) is 21.3 Å². The Labute approximate surface area is 184 Å². The topological polar surface area (TPSA) is 59.8 Å². The third-order valence-corrected chi connectivity index (χ3v) is 5.37. The molecule has 0 saturated heterocycles. The van der Waals surface area contributed by atoms with E-state index in [1.807, 2.05) is 50.2 Å². The first-order chi connectivity index (χ1) is 14.4. The molecule has 4 rings (SSSR count). The van der Waals surface area contributed by atoms with Crippen molar-refractivity contribution in [2.75, 3.05) is 5.32 Å². The number of carbonyl (C=O) groups is 1. The summed E-state index contributed by atoms with van der Waals surface area (Å²) in [5, 5.41) is 8.51. The first kappa shape index (κ1) is 20.1. The minimum atomic E-state index is -0.415. The molecule has 3 aromatic carbocycles. The van der Waals surface area contributed by atoms with Gasteiger partial charge in [0.05, 0.1) is 5.69 Å². The third-order valence-electron chi connectivity index (χ3n) is 4.71. The average Bonchev–Trinajstić information content (AvgIpc) is 3.18. The van der Waals surface area contributed by atoms with E-state index in [2.05, 4.69) is 15.4 Å². The molecule has 0 unspecified atom stereocenters. The van der Waals surface area contributed by atoms with Crippen LogP contribution in [0.25, 0.3) is 17.1 Å². The molecule has 0 bridgehead atoms. The second-order valence-corrected chi connectivity index (χ2v) is 7.72. The summed E-state index contributed by atoms with van der Waals surface area (Å²) in [6.45, 7) is 3.86. The van der Waals surface area contributed by atoms with Crippen LogP contribution in [-0.4, -0.2) is 20.7 Å². The highest BCUT2D eigenvalue weighted by Gasteiger charge is 2.19. The fourth-order valence-corrected chi connectivity index (χ4v) is 3.28. The number of aromatic nitrogens is 3. The van der Waals surface area contributed by atoms with Crippen molar-refractivity contribution in [1.29, 1.82) is 0 Å². The number of halogens is 2. The number of anilines is 1. The fraction of sp³-hybridized carbons (Fsp3) is 0.0870. The normalized spacial score (nSPS) is 10.8. The largest absolute Gasteiger partial charge is 0.319 e. The molecule has 5 nitrogen and oxygen atoms in total. The molecule has 0 fully saturated rings. The maximum Gasteiger partial charge on any atom is 0.295 e. The standard InChI is InChI=1S/C23H18Cl2N4O/c1-14-6-8-16(9-7-14)22-27-21(28-29(22)18-12-10-17(24)11-13-18)23(30)26-20-5-3-4-19(25)15(20)2/h3-13H,1-2H3,(H,26,30). The Morgan fingerprint density at radius 1 is 0.933 bits per heavy atom. The van der Waals surface area contributed by atoms with Gasteiger partial charge >= 0.3 is 0 Å². The Kier molecular flexibility index (Phi) is 5.57. The molecule has 4 aromatic rings. The molecule has 0 saturated carbocycles. The zero-order valence-corrected chi connectivity index (χ0v) is 17.9. The van der Waals surface area contributed by atoms with E-state index in [9.17, 15) is 4.79 Å². The van der Waals surface area contributed by atoms with Gasteiger partial charge < -0.3 is 5.32 Å². The minimum Gasteiger partial charge on any atom is -0.319 e. The maximum atomic E-state index is 12.9. The molecular weight excluding hydrogens is 419 g/mol. The van der Waals surface area contributed by atoms with Crippen molar-refractivity contribution in [2.45, 2.75) is 13.8 Å². The third kappa shape index (κ3) is 4.08. The van der Waals surface area contributed by atoms with Gasteiger partial charge in [-0.05, 0) is 55.8 Å².